The highest BCUT2D eigenvalue weighted by atomic mass is 32.1. The predicted molar refractivity (Wildman–Crippen MR) is 132 cm³/mol. The summed E-state index contributed by atoms with van der Waals surface area (Å²) in [5.74, 6) is 2.67. The zero-order chi connectivity index (χ0) is 22.9. The maximum absolute atomic E-state index is 10.8. The molecular formula is C25H38N2O3S. The molecule has 0 atom stereocenters. The van der Waals surface area contributed by atoms with Crippen molar-refractivity contribution in [1.82, 2.24) is 10.2 Å². The zero-order valence-corrected chi connectivity index (χ0v) is 20.0. The van der Waals surface area contributed by atoms with E-state index in [2.05, 4.69) is 28.9 Å². The third-order valence-electron chi connectivity index (χ3n) is 4.66. The first kappa shape index (κ1) is 27.0. The van der Waals surface area contributed by atoms with Gasteiger partial charge in [-0.25, -0.2) is 0 Å². The van der Waals surface area contributed by atoms with E-state index in [1.165, 1.54) is 25.7 Å². The summed E-state index contributed by atoms with van der Waals surface area (Å²) < 4.78 is 5.95. The van der Waals surface area contributed by atoms with Crippen LogP contribution in [0.3, 0.4) is 0 Å². The van der Waals surface area contributed by atoms with Crippen LogP contribution in [-0.4, -0.2) is 42.8 Å². The Kier molecular flexibility index (Phi) is 14.5. The molecule has 0 saturated carbocycles. The van der Waals surface area contributed by atoms with Crippen molar-refractivity contribution in [3.63, 3.8) is 0 Å². The molecule has 31 heavy (non-hydrogen) atoms. The predicted octanol–water partition coefficient (Wildman–Crippen LogP) is 5.04. The van der Waals surface area contributed by atoms with Crippen molar-refractivity contribution in [2.24, 2.45) is 0 Å². The number of nitrogens with zero attached hydrogens (tertiary/aromatic N) is 1. The Morgan fingerprint density at radius 3 is 2.06 bits per heavy atom. The van der Waals surface area contributed by atoms with E-state index in [0.717, 1.165) is 35.6 Å². The topological polar surface area (TPSA) is 61.8 Å². The maximum Gasteiger partial charge on any atom is 0.219 e. The van der Waals surface area contributed by atoms with E-state index in [-0.39, 0.29) is 12.5 Å². The minimum absolute atomic E-state index is 0.0218. The molecule has 2 aromatic rings. The van der Waals surface area contributed by atoms with E-state index in [1.54, 1.807) is 7.05 Å². The molecule has 0 spiro atoms. The van der Waals surface area contributed by atoms with E-state index >= 15 is 0 Å². The van der Waals surface area contributed by atoms with Gasteiger partial charge in [0.05, 0.1) is 6.61 Å². The smallest absolute Gasteiger partial charge is 0.219 e. The highest BCUT2D eigenvalue weighted by molar-refractivity contribution is 7.80. The number of aliphatic hydroxyl groups excluding tert-OH is 1. The van der Waals surface area contributed by atoms with Gasteiger partial charge < -0.3 is 20.1 Å². The van der Waals surface area contributed by atoms with Gasteiger partial charge in [-0.15, -0.1) is 0 Å². The van der Waals surface area contributed by atoms with Crippen molar-refractivity contribution < 1.29 is 14.6 Å². The van der Waals surface area contributed by atoms with Crippen LogP contribution in [0.4, 0.5) is 0 Å². The standard InChI is InChI=1S/C16H19NO2.C9H19NOS/c1-17(2)11-13-7-3-5-9-15(13)19-16-10-6-4-8-14(16)12-18;1-10-9(11)7-5-3-2-4-6-8-12/h3-10,18H,11-12H2,1-2H3;12H,2-8H2,1H3,(H,10,11). The molecule has 2 aromatic carbocycles. The van der Waals surface area contributed by atoms with Gasteiger partial charge in [0.2, 0.25) is 5.91 Å². The summed E-state index contributed by atoms with van der Waals surface area (Å²) in [6.07, 6.45) is 6.54. The van der Waals surface area contributed by atoms with Gasteiger partial charge in [0.25, 0.3) is 0 Å². The lowest BCUT2D eigenvalue weighted by atomic mass is 10.1. The summed E-state index contributed by atoms with van der Waals surface area (Å²) in [4.78, 5) is 12.9. The number of unbranched alkanes of at least 4 members (excludes halogenated alkanes) is 4. The Balaban J connectivity index is 0.000000348. The molecule has 172 valence electrons. The Morgan fingerprint density at radius 2 is 1.48 bits per heavy atom. The molecule has 0 heterocycles. The molecule has 2 N–H and O–H groups in total. The summed E-state index contributed by atoms with van der Waals surface area (Å²) in [5.41, 5.74) is 1.92. The van der Waals surface area contributed by atoms with Gasteiger partial charge in [0, 0.05) is 31.1 Å². The maximum atomic E-state index is 10.8. The summed E-state index contributed by atoms with van der Waals surface area (Å²) >= 11 is 4.13. The fourth-order valence-corrected chi connectivity index (χ4v) is 3.20. The molecule has 0 aromatic heterocycles. The lowest BCUT2D eigenvalue weighted by molar-refractivity contribution is -0.120. The van der Waals surface area contributed by atoms with Gasteiger partial charge >= 0.3 is 0 Å². The number of rotatable bonds is 12. The van der Waals surface area contributed by atoms with Crippen LogP contribution in [0.2, 0.25) is 0 Å². The normalized spacial score (nSPS) is 10.4. The largest absolute Gasteiger partial charge is 0.457 e. The Bertz CT molecular complexity index is 753. The van der Waals surface area contributed by atoms with Gasteiger partial charge in [-0.3, -0.25) is 4.79 Å². The molecule has 0 radical (unpaired) electrons. The SMILES string of the molecule is CN(C)Cc1ccccc1Oc1ccccc1CO.CNC(=O)CCCCCCCS. The second-order valence-electron chi connectivity index (χ2n) is 7.63. The second-order valence-corrected chi connectivity index (χ2v) is 8.08. The molecule has 0 aliphatic rings. The lowest BCUT2D eigenvalue weighted by Crippen LogP contribution is -2.16. The number of nitrogens with one attached hydrogen (secondary N) is 1. The summed E-state index contributed by atoms with van der Waals surface area (Å²) in [7, 11) is 5.74. The Labute approximate surface area is 193 Å². The number of benzene rings is 2. The van der Waals surface area contributed by atoms with Crippen molar-refractivity contribution in [2.75, 3.05) is 26.9 Å². The minimum atomic E-state index is -0.0218. The van der Waals surface area contributed by atoms with Gasteiger partial charge in [-0.05, 0) is 44.8 Å². The first-order chi connectivity index (χ1) is 15.0. The molecule has 0 aliphatic carbocycles. The fourth-order valence-electron chi connectivity index (χ4n) is 2.98. The van der Waals surface area contributed by atoms with Crippen molar-refractivity contribution in [3.05, 3.63) is 59.7 Å². The number of ether oxygens (including phenoxy) is 1. The van der Waals surface area contributed by atoms with E-state index in [4.69, 9.17) is 4.74 Å². The van der Waals surface area contributed by atoms with Crippen LogP contribution < -0.4 is 10.1 Å². The monoisotopic (exact) mass is 446 g/mol. The summed E-state index contributed by atoms with van der Waals surface area (Å²) in [6, 6.07) is 15.5. The van der Waals surface area contributed by atoms with E-state index in [0.29, 0.717) is 12.2 Å². The van der Waals surface area contributed by atoms with Gasteiger partial charge in [-0.1, -0.05) is 55.7 Å². The summed E-state index contributed by atoms with van der Waals surface area (Å²) in [5, 5.41) is 11.9. The average molecular weight is 447 g/mol. The first-order valence-corrected chi connectivity index (χ1v) is 11.6. The Hall–Kier alpha value is -2.02. The number of para-hydroxylation sites is 2. The number of hydrogen-bond donors (Lipinski definition) is 3. The molecule has 0 bridgehead atoms. The minimum Gasteiger partial charge on any atom is -0.457 e. The molecule has 0 unspecified atom stereocenters. The zero-order valence-electron chi connectivity index (χ0n) is 19.1. The third-order valence-corrected chi connectivity index (χ3v) is 4.98. The fraction of sp³-hybridized carbons (Fsp3) is 0.480. The van der Waals surface area contributed by atoms with Gasteiger partial charge in [0.1, 0.15) is 11.5 Å². The second kappa shape index (κ2) is 16.6. The third kappa shape index (κ3) is 11.8. The summed E-state index contributed by atoms with van der Waals surface area (Å²) in [6.45, 7) is 0.795. The van der Waals surface area contributed by atoms with Gasteiger partial charge in [0.15, 0.2) is 0 Å². The quantitative estimate of drug-likeness (QED) is 0.316. The number of thiol groups is 1. The van der Waals surface area contributed by atoms with Crippen LogP contribution in [0.15, 0.2) is 48.5 Å². The number of hydrogen-bond acceptors (Lipinski definition) is 5. The van der Waals surface area contributed by atoms with Crippen LogP contribution in [-0.2, 0) is 17.9 Å². The number of carbonyl (C=O) groups is 1. The molecule has 0 aliphatic heterocycles. The molecule has 0 saturated heterocycles. The van der Waals surface area contributed by atoms with Crippen LogP contribution in [0, 0.1) is 0 Å². The van der Waals surface area contributed by atoms with Crippen LogP contribution in [0.1, 0.15) is 49.7 Å². The molecule has 0 fully saturated rings. The number of carbonyl (C=O) groups excluding carboxylic acids is 1. The van der Waals surface area contributed by atoms with E-state index in [1.807, 2.05) is 56.6 Å². The van der Waals surface area contributed by atoms with Gasteiger partial charge in [-0.2, -0.15) is 12.6 Å². The van der Waals surface area contributed by atoms with Crippen LogP contribution in [0.25, 0.3) is 0 Å². The molecule has 5 nitrogen and oxygen atoms in total. The molecule has 6 heteroatoms. The lowest BCUT2D eigenvalue weighted by Gasteiger charge is -2.16. The van der Waals surface area contributed by atoms with E-state index in [9.17, 15) is 9.90 Å². The number of aliphatic hydroxyl groups is 1. The van der Waals surface area contributed by atoms with Crippen LogP contribution >= 0.6 is 12.6 Å². The molecule has 1 amide bonds. The van der Waals surface area contributed by atoms with Crippen LogP contribution in [0.5, 0.6) is 11.5 Å². The van der Waals surface area contributed by atoms with Crippen molar-refractivity contribution in [1.29, 1.82) is 0 Å². The van der Waals surface area contributed by atoms with E-state index < -0.39 is 0 Å². The highest BCUT2D eigenvalue weighted by Crippen LogP contribution is 2.28. The highest BCUT2D eigenvalue weighted by Gasteiger charge is 2.08. The average Bonchev–Trinajstić information content (AvgIpc) is 2.77. The van der Waals surface area contributed by atoms with Crippen molar-refractivity contribution in [3.8, 4) is 11.5 Å². The molecule has 2 rings (SSSR count). The first-order valence-electron chi connectivity index (χ1n) is 10.9. The van der Waals surface area contributed by atoms with Crippen molar-refractivity contribution >= 4 is 18.5 Å². The Morgan fingerprint density at radius 1 is 0.935 bits per heavy atom. The molecular weight excluding hydrogens is 408 g/mol. The number of amides is 1. The van der Waals surface area contributed by atoms with Crippen molar-refractivity contribution in [2.45, 2.75) is 51.7 Å².